The Kier molecular flexibility index (Phi) is 3.45. The van der Waals surface area contributed by atoms with Gasteiger partial charge in [0.1, 0.15) is 11.9 Å². The molecule has 4 nitrogen and oxygen atoms in total. The van der Waals surface area contributed by atoms with E-state index in [2.05, 4.69) is 5.32 Å². The molecule has 4 rings (SSSR count). The molecule has 0 radical (unpaired) electrons. The van der Waals surface area contributed by atoms with Crippen molar-refractivity contribution in [3.05, 3.63) is 59.7 Å². The molecule has 23 heavy (non-hydrogen) atoms. The highest BCUT2D eigenvalue weighted by Gasteiger charge is 2.42. The molecule has 0 unspecified atom stereocenters. The Hall–Kier alpha value is -2.49. The van der Waals surface area contributed by atoms with Gasteiger partial charge in [0, 0.05) is 17.3 Å². The molecule has 1 saturated carbocycles. The average molecular weight is 308 g/mol. The number of ether oxygens (including phenoxy) is 1. The van der Waals surface area contributed by atoms with E-state index in [0.29, 0.717) is 12.6 Å². The highest BCUT2D eigenvalue weighted by Crippen LogP contribution is 2.42. The molecule has 2 aromatic rings. The summed E-state index contributed by atoms with van der Waals surface area (Å²) in [5.41, 5.74) is 2.67. The van der Waals surface area contributed by atoms with Crippen LogP contribution >= 0.6 is 0 Å². The fourth-order valence-electron chi connectivity index (χ4n) is 3.22. The number of para-hydroxylation sites is 2. The lowest BCUT2D eigenvalue weighted by atomic mass is 10.0. The molecule has 1 aliphatic carbocycles. The Morgan fingerprint density at radius 2 is 1.87 bits per heavy atom. The molecule has 4 heteroatoms. The summed E-state index contributed by atoms with van der Waals surface area (Å²) in [4.78, 5) is 15.0. The minimum Gasteiger partial charge on any atom is -0.493 e. The number of anilines is 1. The Morgan fingerprint density at radius 1 is 1.13 bits per heavy atom. The lowest BCUT2D eigenvalue weighted by molar-refractivity contribution is 0.0664. The van der Waals surface area contributed by atoms with Gasteiger partial charge in [0.05, 0.1) is 12.2 Å². The first-order valence-corrected chi connectivity index (χ1v) is 8.19. The van der Waals surface area contributed by atoms with E-state index in [0.717, 1.165) is 35.4 Å². The van der Waals surface area contributed by atoms with Crippen LogP contribution in [0.25, 0.3) is 0 Å². The quantitative estimate of drug-likeness (QED) is 0.933. The van der Waals surface area contributed by atoms with E-state index in [4.69, 9.17) is 4.74 Å². The highest BCUT2D eigenvalue weighted by atomic mass is 16.5. The van der Waals surface area contributed by atoms with Gasteiger partial charge in [-0.3, -0.25) is 4.79 Å². The summed E-state index contributed by atoms with van der Waals surface area (Å²) in [5.74, 6) is 0.948. The van der Waals surface area contributed by atoms with Crippen molar-refractivity contribution in [1.29, 1.82) is 0 Å². The molecule has 1 atom stereocenters. The van der Waals surface area contributed by atoms with E-state index in [1.165, 1.54) is 0 Å². The van der Waals surface area contributed by atoms with Crippen molar-refractivity contribution in [1.82, 2.24) is 4.90 Å². The first-order valence-electron chi connectivity index (χ1n) is 8.19. The smallest absolute Gasteiger partial charge is 0.258 e. The minimum atomic E-state index is -0.173. The third-order valence-corrected chi connectivity index (χ3v) is 4.42. The van der Waals surface area contributed by atoms with E-state index in [-0.39, 0.29) is 12.1 Å². The second-order valence-corrected chi connectivity index (χ2v) is 6.01. The van der Waals surface area contributed by atoms with Gasteiger partial charge in [0.25, 0.3) is 5.91 Å². The van der Waals surface area contributed by atoms with Gasteiger partial charge in [0.15, 0.2) is 0 Å². The van der Waals surface area contributed by atoms with Gasteiger partial charge >= 0.3 is 0 Å². The van der Waals surface area contributed by atoms with Crippen LogP contribution in [0.3, 0.4) is 0 Å². The first kappa shape index (κ1) is 14.1. The van der Waals surface area contributed by atoms with Gasteiger partial charge < -0.3 is 15.0 Å². The van der Waals surface area contributed by atoms with Gasteiger partial charge in [-0.25, -0.2) is 0 Å². The van der Waals surface area contributed by atoms with Crippen molar-refractivity contribution in [3.63, 3.8) is 0 Å². The number of benzene rings is 2. The molecule has 1 heterocycles. The van der Waals surface area contributed by atoms with E-state index < -0.39 is 0 Å². The topological polar surface area (TPSA) is 41.6 Å². The Labute approximate surface area is 136 Å². The van der Waals surface area contributed by atoms with Gasteiger partial charge in [-0.15, -0.1) is 0 Å². The third kappa shape index (κ3) is 2.44. The summed E-state index contributed by atoms with van der Waals surface area (Å²) < 4.78 is 5.78. The van der Waals surface area contributed by atoms with Crippen LogP contribution in [-0.2, 0) is 0 Å². The zero-order valence-corrected chi connectivity index (χ0v) is 13.2. The fourth-order valence-corrected chi connectivity index (χ4v) is 3.22. The van der Waals surface area contributed by atoms with Gasteiger partial charge in [-0.05, 0) is 38.0 Å². The van der Waals surface area contributed by atoms with E-state index in [1.54, 1.807) is 0 Å². The van der Waals surface area contributed by atoms with Crippen molar-refractivity contribution in [2.75, 3.05) is 11.9 Å². The predicted octanol–water partition coefficient (Wildman–Crippen LogP) is 3.81. The van der Waals surface area contributed by atoms with Crippen LogP contribution in [-0.4, -0.2) is 23.5 Å². The fraction of sp³-hybridized carbons (Fsp3) is 0.316. The number of carbonyl (C=O) groups excluding carboxylic acids is 1. The summed E-state index contributed by atoms with van der Waals surface area (Å²) in [7, 11) is 0. The SMILES string of the molecule is CCOc1ccccc1[C@H]1Nc2ccccc2C(=O)N1C1CC1. The molecule has 2 aliphatic rings. The van der Waals surface area contributed by atoms with Crippen molar-refractivity contribution in [3.8, 4) is 5.75 Å². The Balaban J connectivity index is 1.79. The summed E-state index contributed by atoms with van der Waals surface area (Å²) in [6, 6.07) is 16.0. The normalized spacial score (nSPS) is 20.0. The van der Waals surface area contributed by atoms with Crippen molar-refractivity contribution < 1.29 is 9.53 Å². The largest absolute Gasteiger partial charge is 0.493 e. The number of hydrogen-bond acceptors (Lipinski definition) is 3. The van der Waals surface area contributed by atoms with Crippen LogP contribution in [0.5, 0.6) is 5.75 Å². The lowest BCUT2D eigenvalue weighted by Crippen LogP contribution is -2.44. The predicted molar refractivity (Wildman–Crippen MR) is 89.6 cm³/mol. The number of carbonyl (C=O) groups is 1. The summed E-state index contributed by atoms with van der Waals surface area (Å²) >= 11 is 0. The van der Waals surface area contributed by atoms with Crippen LogP contribution < -0.4 is 10.1 Å². The summed E-state index contributed by atoms with van der Waals surface area (Å²) in [6.45, 7) is 2.59. The maximum atomic E-state index is 13.0. The van der Waals surface area contributed by atoms with E-state index in [9.17, 15) is 4.79 Å². The Morgan fingerprint density at radius 3 is 2.65 bits per heavy atom. The second-order valence-electron chi connectivity index (χ2n) is 6.01. The molecule has 0 bridgehead atoms. The van der Waals surface area contributed by atoms with Crippen molar-refractivity contribution in [2.24, 2.45) is 0 Å². The first-order chi connectivity index (χ1) is 11.3. The molecule has 1 N–H and O–H groups in total. The van der Waals surface area contributed by atoms with E-state index >= 15 is 0 Å². The molecular weight excluding hydrogens is 288 g/mol. The van der Waals surface area contributed by atoms with Crippen LogP contribution in [0.4, 0.5) is 5.69 Å². The molecule has 1 amide bonds. The maximum absolute atomic E-state index is 13.0. The number of amides is 1. The minimum absolute atomic E-state index is 0.109. The van der Waals surface area contributed by atoms with Crippen LogP contribution in [0, 0.1) is 0 Å². The standard InChI is InChI=1S/C19H20N2O2/c1-2-23-17-10-6-4-8-15(17)18-20-16-9-5-3-7-14(16)19(22)21(18)13-11-12-13/h3-10,13,18,20H,2,11-12H2,1H3/t18-/m0/s1. The van der Waals surface area contributed by atoms with Gasteiger partial charge in [-0.1, -0.05) is 30.3 Å². The number of nitrogens with zero attached hydrogens (tertiary/aromatic N) is 1. The zero-order valence-electron chi connectivity index (χ0n) is 13.2. The van der Waals surface area contributed by atoms with Crippen LogP contribution in [0.2, 0.25) is 0 Å². The molecular formula is C19H20N2O2. The summed E-state index contributed by atoms with van der Waals surface area (Å²) in [6.07, 6.45) is 1.97. The number of hydrogen-bond donors (Lipinski definition) is 1. The van der Waals surface area contributed by atoms with Crippen molar-refractivity contribution in [2.45, 2.75) is 32.0 Å². The molecule has 2 aromatic carbocycles. The third-order valence-electron chi connectivity index (χ3n) is 4.42. The molecule has 1 aliphatic heterocycles. The second kappa shape index (κ2) is 5.61. The van der Waals surface area contributed by atoms with Gasteiger partial charge in [0.2, 0.25) is 0 Å². The highest BCUT2D eigenvalue weighted by molar-refractivity contribution is 6.02. The average Bonchev–Trinajstić information content (AvgIpc) is 3.40. The molecule has 1 fully saturated rings. The lowest BCUT2D eigenvalue weighted by Gasteiger charge is -2.38. The Bertz CT molecular complexity index is 740. The summed E-state index contributed by atoms with van der Waals surface area (Å²) in [5, 5.41) is 3.54. The molecule has 0 spiro atoms. The number of fused-ring (bicyclic) bond motifs is 1. The van der Waals surface area contributed by atoms with Crippen molar-refractivity contribution >= 4 is 11.6 Å². The molecule has 0 saturated heterocycles. The van der Waals surface area contributed by atoms with E-state index in [1.807, 2.05) is 60.4 Å². The zero-order chi connectivity index (χ0) is 15.8. The number of rotatable bonds is 4. The van der Waals surface area contributed by atoms with Crippen LogP contribution in [0.1, 0.15) is 41.9 Å². The van der Waals surface area contributed by atoms with Gasteiger partial charge in [-0.2, -0.15) is 0 Å². The monoisotopic (exact) mass is 308 g/mol. The van der Waals surface area contributed by atoms with Crippen LogP contribution in [0.15, 0.2) is 48.5 Å². The number of nitrogens with one attached hydrogen (secondary N) is 1. The molecule has 0 aromatic heterocycles. The maximum Gasteiger partial charge on any atom is 0.258 e. The molecule has 118 valence electrons.